The van der Waals surface area contributed by atoms with Crippen LogP contribution < -0.4 is 0 Å². The first-order valence-corrected chi connectivity index (χ1v) is 5.34. The third kappa shape index (κ3) is 1.90. The van der Waals surface area contributed by atoms with Crippen LogP contribution in [0.5, 0.6) is 0 Å². The number of nitrogens with zero attached hydrogens (tertiary/aromatic N) is 5. The van der Waals surface area contributed by atoms with Gasteiger partial charge in [0, 0.05) is 13.2 Å². The number of aromatic nitrogens is 5. The molecule has 5 nitrogen and oxygen atoms in total. The second-order valence-electron chi connectivity index (χ2n) is 2.77. The summed E-state index contributed by atoms with van der Waals surface area (Å²) in [4.78, 5) is 4.10. The number of halogens is 2. The summed E-state index contributed by atoms with van der Waals surface area (Å²) in [6.45, 7) is 0.583. The maximum Gasteiger partial charge on any atom is 0.148 e. The molecule has 2 rings (SSSR count). The van der Waals surface area contributed by atoms with E-state index >= 15 is 0 Å². The molecule has 0 atom stereocenters. The normalized spacial score (nSPS) is 10.8. The van der Waals surface area contributed by atoms with E-state index in [9.17, 15) is 0 Å². The van der Waals surface area contributed by atoms with Crippen molar-refractivity contribution < 1.29 is 0 Å². The van der Waals surface area contributed by atoms with Crippen LogP contribution in [-0.2, 0) is 13.6 Å². The van der Waals surface area contributed by atoms with Gasteiger partial charge in [-0.2, -0.15) is 10.2 Å². The van der Waals surface area contributed by atoms with E-state index in [1.807, 2.05) is 7.05 Å². The first kappa shape index (κ1) is 9.91. The maximum absolute atomic E-state index is 5.88. The van der Waals surface area contributed by atoms with Crippen LogP contribution in [0.4, 0.5) is 0 Å². The summed E-state index contributed by atoms with van der Waals surface area (Å²) in [5.41, 5.74) is 0. The predicted molar refractivity (Wildman–Crippen MR) is 60.1 cm³/mol. The van der Waals surface area contributed by atoms with Crippen LogP contribution in [0.15, 0.2) is 12.5 Å². The van der Waals surface area contributed by atoms with Gasteiger partial charge in [0.25, 0.3) is 0 Å². The summed E-state index contributed by atoms with van der Waals surface area (Å²) < 4.78 is 4.25. The first-order valence-electron chi connectivity index (χ1n) is 3.88. The van der Waals surface area contributed by atoms with Crippen LogP contribution >= 0.6 is 34.2 Å². The van der Waals surface area contributed by atoms with Crippen LogP contribution in [0.25, 0.3) is 0 Å². The molecule has 0 fully saturated rings. The minimum Gasteiger partial charge on any atom is -0.262 e. The van der Waals surface area contributed by atoms with E-state index in [0.29, 0.717) is 11.6 Å². The van der Waals surface area contributed by atoms with E-state index in [1.165, 1.54) is 6.33 Å². The summed E-state index contributed by atoms with van der Waals surface area (Å²) in [7, 11) is 1.85. The van der Waals surface area contributed by atoms with Crippen molar-refractivity contribution in [3.05, 3.63) is 27.1 Å². The molecule has 0 bridgehead atoms. The Bertz CT molecular complexity index is 429. The Labute approximate surface area is 99.2 Å². The molecule has 74 valence electrons. The smallest absolute Gasteiger partial charge is 0.148 e. The fourth-order valence-corrected chi connectivity index (χ4v) is 1.63. The highest BCUT2D eigenvalue weighted by atomic mass is 127. The van der Waals surface area contributed by atoms with Crippen molar-refractivity contribution >= 4 is 34.2 Å². The quantitative estimate of drug-likeness (QED) is 0.783. The molecule has 2 aromatic rings. The molecule has 0 aliphatic carbocycles. The van der Waals surface area contributed by atoms with Crippen LogP contribution in [0, 0.1) is 3.70 Å². The summed E-state index contributed by atoms with van der Waals surface area (Å²) in [5.74, 6) is 0.848. The lowest BCUT2D eigenvalue weighted by Crippen LogP contribution is -2.07. The van der Waals surface area contributed by atoms with Crippen LogP contribution in [0.2, 0.25) is 5.02 Å². The van der Waals surface area contributed by atoms with Gasteiger partial charge in [-0.3, -0.25) is 9.36 Å². The van der Waals surface area contributed by atoms with Crippen molar-refractivity contribution in [2.24, 2.45) is 7.05 Å². The van der Waals surface area contributed by atoms with Gasteiger partial charge in [0.05, 0.1) is 5.02 Å². The third-order valence-electron chi connectivity index (χ3n) is 1.78. The Morgan fingerprint density at radius 3 is 2.86 bits per heavy atom. The second-order valence-corrected chi connectivity index (χ2v) is 4.19. The molecule has 0 aliphatic rings. The van der Waals surface area contributed by atoms with Gasteiger partial charge in [-0.05, 0) is 22.6 Å². The van der Waals surface area contributed by atoms with Crippen LogP contribution in [0.3, 0.4) is 0 Å². The molecule has 7 heteroatoms. The zero-order valence-electron chi connectivity index (χ0n) is 7.35. The Balaban J connectivity index is 2.23. The largest absolute Gasteiger partial charge is 0.262 e. The number of aryl methyl sites for hydroxylation is 1. The zero-order valence-corrected chi connectivity index (χ0v) is 10.3. The predicted octanol–water partition coefficient (Wildman–Crippen LogP) is 1.32. The number of hydrogen-bond donors (Lipinski definition) is 0. The second kappa shape index (κ2) is 3.85. The van der Waals surface area contributed by atoms with Crippen molar-refractivity contribution in [2.45, 2.75) is 6.54 Å². The lowest BCUT2D eigenvalue weighted by atomic mass is 10.6. The summed E-state index contributed by atoms with van der Waals surface area (Å²) in [6, 6.07) is 0. The van der Waals surface area contributed by atoms with E-state index < -0.39 is 0 Å². The molecular formula is C7H7ClIN5. The Hall–Kier alpha value is -0.630. The average molecular weight is 324 g/mol. The lowest BCUT2D eigenvalue weighted by molar-refractivity contribution is 0.605. The van der Waals surface area contributed by atoms with Crippen molar-refractivity contribution in [1.29, 1.82) is 0 Å². The Morgan fingerprint density at radius 2 is 2.36 bits per heavy atom. The SMILES string of the molecule is Cn1ncnc1Cn1cc(Cl)c(I)n1. The minimum absolute atomic E-state index is 0.583. The van der Waals surface area contributed by atoms with Gasteiger partial charge in [0.2, 0.25) is 0 Å². The molecule has 2 heterocycles. The van der Waals surface area contributed by atoms with Gasteiger partial charge in [-0.1, -0.05) is 11.6 Å². The van der Waals surface area contributed by atoms with E-state index in [1.54, 1.807) is 15.6 Å². The van der Waals surface area contributed by atoms with Gasteiger partial charge in [0.15, 0.2) is 0 Å². The molecule has 0 aromatic carbocycles. The van der Waals surface area contributed by atoms with Gasteiger partial charge >= 0.3 is 0 Å². The molecule has 0 saturated heterocycles. The van der Waals surface area contributed by atoms with Crippen LogP contribution in [0.1, 0.15) is 5.82 Å². The standard InChI is InChI=1S/C7H7ClIN5/c1-13-6(10-4-11-13)3-14-2-5(8)7(9)12-14/h2,4H,3H2,1H3. The molecule has 0 unspecified atom stereocenters. The van der Waals surface area contributed by atoms with E-state index in [2.05, 4.69) is 37.8 Å². The number of rotatable bonds is 2. The van der Waals surface area contributed by atoms with Crippen molar-refractivity contribution in [1.82, 2.24) is 24.5 Å². The topological polar surface area (TPSA) is 48.5 Å². The highest BCUT2D eigenvalue weighted by Crippen LogP contribution is 2.15. The lowest BCUT2D eigenvalue weighted by Gasteiger charge is -1.99. The molecule has 0 aliphatic heterocycles. The zero-order chi connectivity index (χ0) is 10.1. The summed E-state index contributed by atoms with van der Waals surface area (Å²) in [5, 5.41) is 8.85. The number of hydrogen-bond acceptors (Lipinski definition) is 3. The maximum atomic E-state index is 5.88. The minimum atomic E-state index is 0.583. The highest BCUT2D eigenvalue weighted by Gasteiger charge is 2.06. The van der Waals surface area contributed by atoms with Crippen LogP contribution in [-0.4, -0.2) is 24.5 Å². The first-order chi connectivity index (χ1) is 6.66. The fourth-order valence-electron chi connectivity index (χ4n) is 1.06. The molecule has 2 aromatic heterocycles. The molecule has 14 heavy (non-hydrogen) atoms. The van der Waals surface area contributed by atoms with Gasteiger partial charge in [-0.15, -0.1) is 0 Å². The van der Waals surface area contributed by atoms with E-state index in [-0.39, 0.29) is 0 Å². The highest BCUT2D eigenvalue weighted by molar-refractivity contribution is 14.1. The average Bonchev–Trinajstić information content (AvgIpc) is 2.63. The monoisotopic (exact) mass is 323 g/mol. The molecule has 0 N–H and O–H groups in total. The Kier molecular flexibility index (Phi) is 2.73. The fraction of sp³-hybridized carbons (Fsp3) is 0.286. The van der Waals surface area contributed by atoms with Gasteiger partial charge in [0.1, 0.15) is 22.4 Å². The van der Waals surface area contributed by atoms with Gasteiger partial charge in [-0.25, -0.2) is 4.98 Å². The summed E-state index contributed by atoms with van der Waals surface area (Å²) >= 11 is 7.96. The summed E-state index contributed by atoms with van der Waals surface area (Å²) in [6.07, 6.45) is 3.30. The van der Waals surface area contributed by atoms with Crippen molar-refractivity contribution in [2.75, 3.05) is 0 Å². The van der Waals surface area contributed by atoms with E-state index in [4.69, 9.17) is 11.6 Å². The molecular weight excluding hydrogens is 316 g/mol. The molecule has 0 amide bonds. The van der Waals surface area contributed by atoms with Gasteiger partial charge < -0.3 is 0 Å². The molecule has 0 radical (unpaired) electrons. The van der Waals surface area contributed by atoms with Crippen molar-refractivity contribution in [3.8, 4) is 0 Å². The molecule has 0 saturated carbocycles. The van der Waals surface area contributed by atoms with E-state index in [0.717, 1.165) is 9.53 Å². The van der Waals surface area contributed by atoms with Crippen molar-refractivity contribution in [3.63, 3.8) is 0 Å². The molecule has 0 spiro atoms. The third-order valence-corrected chi connectivity index (χ3v) is 3.18. The Morgan fingerprint density at radius 1 is 1.57 bits per heavy atom.